The number of fused-ring (bicyclic) bond motifs is 1. The van der Waals surface area contributed by atoms with Crippen molar-refractivity contribution in [2.75, 3.05) is 66.5 Å². The topological polar surface area (TPSA) is 13.0 Å². The number of hydrogen-bond donors (Lipinski definition) is 0. The first-order chi connectivity index (χ1) is 12.8. The van der Waals surface area contributed by atoms with Crippen LogP contribution in [0.15, 0.2) is 0 Å². The van der Waals surface area contributed by atoms with E-state index in [0.717, 1.165) is 38.3 Å². The summed E-state index contributed by atoms with van der Waals surface area (Å²) in [5.74, 6) is 0. The predicted molar refractivity (Wildman–Crippen MR) is 109 cm³/mol. The monoisotopic (exact) mass is 396 g/mol. The molecule has 0 radical (unpaired) electrons. The Morgan fingerprint density at radius 3 is 1.74 bits per heavy atom. The molecule has 0 aromatic rings. The summed E-state index contributed by atoms with van der Waals surface area (Å²) >= 11 is 0. The maximum absolute atomic E-state index is 11.9. The van der Waals surface area contributed by atoms with Gasteiger partial charge in [0.2, 0.25) is 0 Å². The van der Waals surface area contributed by atoms with E-state index < -0.39 is 12.6 Å². The van der Waals surface area contributed by atoms with Crippen molar-refractivity contribution in [1.29, 1.82) is 0 Å². The van der Waals surface area contributed by atoms with Crippen LogP contribution < -0.4 is 0 Å². The number of nitrogens with zero attached hydrogens (tertiary/aromatic N) is 4. The average molecular weight is 397 g/mol. The van der Waals surface area contributed by atoms with Gasteiger partial charge >= 0.3 is 6.18 Å². The van der Waals surface area contributed by atoms with Crippen molar-refractivity contribution >= 4 is 0 Å². The van der Waals surface area contributed by atoms with Crippen molar-refractivity contribution in [3.8, 4) is 0 Å². The van der Waals surface area contributed by atoms with E-state index in [1.54, 1.807) is 0 Å². The quantitative estimate of drug-likeness (QED) is 0.719. The lowest BCUT2D eigenvalue weighted by atomic mass is 9.86. The summed E-state index contributed by atoms with van der Waals surface area (Å²) in [6, 6.07) is 1.86. The fourth-order valence-corrected chi connectivity index (χ4v) is 3.47. The van der Waals surface area contributed by atoms with Crippen LogP contribution in [0, 0.1) is 0 Å². The summed E-state index contributed by atoms with van der Waals surface area (Å²) in [6.07, 6.45) is -3.38. The number of rotatable bonds is 4. The van der Waals surface area contributed by atoms with E-state index in [0.29, 0.717) is 0 Å². The van der Waals surface area contributed by atoms with Gasteiger partial charge in [-0.25, -0.2) is 0 Å². The van der Waals surface area contributed by atoms with E-state index >= 15 is 0 Å². The van der Waals surface area contributed by atoms with Crippen molar-refractivity contribution in [3.05, 3.63) is 0 Å². The molecule has 7 heteroatoms. The van der Waals surface area contributed by atoms with Gasteiger partial charge in [0.25, 0.3) is 0 Å². The van der Waals surface area contributed by atoms with Crippen molar-refractivity contribution < 1.29 is 13.2 Å². The normalized spacial score (nSPS) is 26.0. The Hall–Kier alpha value is -0.370. The molecule has 3 rings (SSSR count). The first kappa shape index (κ1) is 26.6. The molecule has 0 spiro atoms. The third-order valence-electron chi connectivity index (χ3n) is 5.19. The van der Waals surface area contributed by atoms with Gasteiger partial charge in [0.05, 0.1) is 6.42 Å². The number of alkyl halides is 3. The van der Waals surface area contributed by atoms with E-state index in [-0.39, 0.29) is 6.54 Å². The molecule has 164 valence electrons. The Kier molecular flexibility index (Phi) is 13.6. The van der Waals surface area contributed by atoms with Crippen LogP contribution in [0.5, 0.6) is 0 Å². The number of halogens is 3. The molecule has 0 aromatic heterocycles. The van der Waals surface area contributed by atoms with Crippen LogP contribution in [-0.2, 0) is 0 Å². The summed E-state index contributed by atoms with van der Waals surface area (Å²) in [5, 5.41) is 0. The molecule has 27 heavy (non-hydrogen) atoms. The minimum absolute atomic E-state index is 0.150. The molecule has 0 amide bonds. The fraction of sp³-hybridized carbons (Fsp3) is 1.00. The molecule has 0 bridgehead atoms. The number of likely N-dealkylation sites (N-methyl/N-ethyl adjacent to an activating group) is 2. The summed E-state index contributed by atoms with van der Waals surface area (Å²) in [6.45, 7) is 17.6. The molecule has 4 nitrogen and oxygen atoms in total. The summed E-state index contributed by atoms with van der Waals surface area (Å²) < 4.78 is 35.6. The van der Waals surface area contributed by atoms with Crippen molar-refractivity contribution in [3.63, 3.8) is 0 Å². The highest BCUT2D eigenvalue weighted by molar-refractivity contribution is 5.06. The lowest BCUT2D eigenvalue weighted by molar-refractivity contribution is -0.138. The van der Waals surface area contributed by atoms with Crippen LogP contribution in [0.25, 0.3) is 0 Å². The van der Waals surface area contributed by atoms with E-state index in [9.17, 15) is 13.2 Å². The zero-order valence-corrected chi connectivity index (χ0v) is 18.6. The highest BCUT2D eigenvalue weighted by atomic mass is 19.4. The molecular weight excluding hydrogens is 353 g/mol. The molecule has 2 atom stereocenters. The van der Waals surface area contributed by atoms with Gasteiger partial charge in [0.1, 0.15) is 0 Å². The average Bonchev–Trinajstić information content (AvgIpc) is 2.65. The molecule has 3 aliphatic rings. The number of hydrogen-bond acceptors (Lipinski definition) is 4. The van der Waals surface area contributed by atoms with Crippen molar-refractivity contribution in [1.82, 2.24) is 19.6 Å². The Balaban J connectivity index is 0.000000430. The van der Waals surface area contributed by atoms with E-state index in [2.05, 4.69) is 28.7 Å². The fourth-order valence-electron chi connectivity index (χ4n) is 3.47. The molecule has 3 aliphatic heterocycles. The number of piperazine rings is 2. The summed E-state index contributed by atoms with van der Waals surface area (Å²) in [4.78, 5) is 9.05. The van der Waals surface area contributed by atoms with Gasteiger partial charge in [-0.2, -0.15) is 13.2 Å². The molecule has 0 saturated carbocycles. The van der Waals surface area contributed by atoms with Crippen LogP contribution in [-0.4, -0.2) is 104 Å². The molecule has 0 aliphatic carbocycles. The third kappa shape index (κ3) is 9.59. The zero-order chi connectivity index (χ0) is 21.0. The van der Waals surface area contributed by atoms with Crippen LogP contribution in [0.1, 0.15) is 47.5 Å². The van der Waals surface area contributed by atoms with Crippen molar-refractivity contribution in [2.24, 2.45) is 0 Å². The summed E-state index contributed by atoms with van der Waals surface area (Å²) in [5.41, 5.74) is 0. The SMILES string of the molecule is CC.CC.CCCN1CC2C1CN2C.CN1CCN(CCC(F)(F)F)CC1. The smallest absolute Gasteiger partial charge is 0.304 e. The van der Waals surface area contributed by atoms with Gasteiger partial charge in [-0.15, -0.1) is 0 Å². The van der Waals surface area contributed by atoms with Gasteiger partial charge in [-0.1, -0.05) is 34.6 Å². The molecule has 2 unspecified atom stereocenters. The third-order valence-corrected chi connectivity index (χ3v) is 5.19. The van der Waals surface area contributed by atoms with Crippen LogP contribution in [0.3, 0.4) is 0 Å². The molecule has 3 saturated heterocycles. The maximum Gasteiger partial charge on any atom is 0.390 e. The second-order valence-corrected chi connectivity index (χ2v) is 7.08. The Labute approximate surface area is 165 Å². The number of likely N-dealkylation sites (tertiary alicyclic amines) is 2. The molecular formula is C20H43F3N4. The van der Waals surface area contributed by atoms with Crippen LogP contribution in [0.2, 0.25) is 0 Å². The highest BCUT2D eigenvalue weighted by Gasteiger charge is 2.48. The van der Waals surface area contributed by atoms with Gasteiger partial charge < -0.3 is 9.80 Å². The molecule has 0 N–H and O–H groups in total. The highest BCUT2D eigenvalue weighted by Crippen LogP contribution is 2.31. The Morgan fingerprint density at radius 2 is 1.37 bits per heavy atom. The second kappa shape index (κ2) is 13.7. The van der Waals surface area contributed by atoms with Gasteiger partial charge in [-0.05, 0) is 27.1 Å². The van der Waals surface area contributed by atoms with Gasteiger partial charge in [0, 0.05) is 57.9 Å². The lowest BCUT2D eigenvalue weighted by Gasteiger charge is -2.61. The summed E-state index contributed by atoms with van der Waals surface area (Å²) in [7, 11) is 4.21. The largest absolute Gasteiger partial charge is 0.390 e. The van der Waals surface area contributed by atoms with Crippen LogP contribution in [0.4, 0.5) is 13.2 Å². The standard InChI is InChI=1S/C8H15F3N2.C8H16N2.2C2H6/c1-12-4-6-13(7-5-12)3-2-8(9,10)11;1-3-4-10-6-7-8(10)5-9(7)2;2*1-2/h2-7H2,1H3;7-8H,3-6H2,1-2H3;2*1-2H3. The van der Waals surface area contributed by atoms with E-state index in [1.165, 1.54) is 26.1 Å². The molecule has 3 heterocycles. The van der Waals surface area contributed by atoms with Crippen LogP contribution >= 0.6 is 0 Å². The predicted octanol–water partition coefficient (Wildman–Crippen LogP) is 3.63. The van der Waals surface area contributed by atoms with Gasteiger partial charge in [0.15, 0.2) is 0 Å². The Bertz CT molecular complexity index is 356. The zero-order valence-electron chi connectivity index (χ0n) is 18.6. The minimum atomic E-state index is -4.01. The van der Waals surface area contributed by atoms with E-state index in [4.69, 9.17) is 0 Å². The first-order valence-corrected chi connectivity index (χ1v) is 10.7. The van der Waals surface area contributed by atoms with Gasteiger partial charge in [-0.3, -0.25) is 9.80 Å². The minimum Gasteiger partial charge on any atom is -0.304 e. The first-order valence-electron chi connectivity index (χ1n) is 10.7. The second-order valence-electron chi connectivity index (χ2n) is 7.08. The lowest BCUT2D eigenvalue weighted by Crippen LogP contribution is -2.77. The maximum atomic E-state index is 11.9. The Morgan fingerprint density at radius 1 is 0.815 bits per heavy atom. The van der Waals surface area contributed by atoms with E-state index in [1.807, 2.05) is 39.6 Å². The molecule has 0 aromatic carbocycles. The van der Waals surface area contributed by atoms with Crippen molar-refractivity contribution in [2.45, 2.75) is 65.7 Å². The molecule has 3 fully saturated rings.